The lowest BCUT2D eigenvalue weighted by Crippen LogP contribution is -2.38. The van der Waals surface area contributed by atoms with Crippen molar-refractivity contribution >= 4 is 5.96 Å². The zero-order chi connectivity index (χ0) is 20.5. The molecule has 0 saturated carbocycles. The largest absolute Gasteiger partial charge is 0.497 e. The van der Waals surface area contributed by atoms with E-state index in [2.05, 4.69) is 30.8 Å². The van der Waals surface area contributed by atoms with Crippen LogP contribution in [0.15, 0.2) is 53.5 Å². The molecule has 3 rings (SSSR count). The Hall–Kier alpha value is -3.42. The predicted molar refractivity (Wildman–Crippen MR) is 111 cm³/mol. The van der Waals surface area contributed by atoms with Crippen LogP contribution >= 0.6 is 0 Å². The molecular formula is C21H25FN6O. The number of methoxy groups -OCH3 is 1. The van der Waals surface area contributed by atoms with E-state index < -0.39 is 0 Å². The van der Waals surface area contributed by atoms with E-state index in [4.69, 9.17) is 4.74 Å². The molecule has 3 N–H and O–H groups in total. The third kappa shape index (κ3) is 6.03. The number of rotatable bonds is 8. The van der Waals surface area contributed by atoms with Gasteiger partial charge in [-0.25, -0.2) is 14.4 Å². The highest BCUT2D eigenvalue weighted by atomic mass is 19.1. The summed E-state index contributed by atoms with van der Waals surface area (Å²) in [5, 5.41) is 13.6. The molecule has 0 atom stereocenters. The number of hydrogen-bond donors (Lipinski definition) is 3. The van der Waals surface area contributed by atoms with E-state index in [-0.39, 0.29) is 5.82 Å². The summed E-state index contributed by atoms with van der Waals surface area (Å²) in [6.45, 7) is 3.74. The molecule has 0 bridgehead atoms. The lowest BCUT2D eigenvalue weighted by atomic mass is 10.1. The fourth-order valence-electron chi connectivity index (χ4n) is 2.75. The summed E-state index contributed by atoms with van der Waals surface area (Å²) in [4.78, 5) is 9.03. The molecule has 0 unspecified atom stereocenters. The van der Waals surface area contributed by atoms with Gasteiger partial charge < -0.3 is 15.4 Å². The summed E-state index contributed by atoms with van der Waals surface area (Å²) in [5.41, 5.74) is 1.84. The monoisotopic (exact) mass is 396 g/mol. The first-order chi connectivity index (χ1) is 14.2. The second-order valence-electron chi connectivity index (χ2n) is 6.34. The summed E-state index contributed by atoms with van der Waals surface area (Å²) in [5.74, 6) is 2.51. The van der Waals surface area contributed by atoms with Gasteiger partial charge in [0.25, 0.3) is 0 Å². The van der Waals surface area contributed by atoms with Crippen LogP contribution in [0.2, 0.25) is 0 Å². The number of nitrogens with one attached hydrogen (secondary N) is 3. The lowest BCUT2D eigenvalue weighted by Gasteiger charge is -2.11. The zero-order valence-electron chi connectivity index (χ0n) is 16.6. The molecule has 0 aliphatic rings. The predicted octanol–water partition coefficient (Wildman–Crippen LogP) is 2.92. The average molecular weight is 396 g/mol. The number of aromatic nitrogens is 3. The molecule has 0 saturated heterocycles. The van der Waals surface area contributed by atoms with Crippen LogP contribution in [0.3, 0.4) is 0 Å². The lowest BCUT2D eigenvalue weighted by molar-refractivity contribution is 0.415. The molecule has 0 aliphatic carbocycles. The van der Waals surface area contributed by atoms with Crippen molar-refractivity contribution in [1.29, 1.82) is 0 Å². The normalized spacial score (nSPS) is 11.3. The van der Waals surface area contributed by atoms with E-state index in [1.807, 2.05) is 37.3 Å². The maximum Gasteiger partial charge on any atom is 0.191 e. The second-order valence-corrected chi connectivity index (χ2v) is 6.34. The van der Waals surface area contributed by atoms with Crippen molar-refractivity contribution in [2.75, 3.05) is 20.2 Å². The molecule has 1 aromatic heterocycles. The molecule has 0 fully saturated rings. The minimum absolute atomic E-state index is 0.221. The third-order valence-electron chi connectivity index (χ3n) is 4.21. The molecule has 0 radical (unpaired) electrons. The Morgan fingerprint density at radius 3 is 2.72 bits per heavy atom. The van der Waals surface area contributed by atoms with E-state index >= 15 is 0 Å². The van der Waals surface area contributed by atoms with Crippen molar-refractivity contribution in [3.8, 4) is 17.1 Å². The Morgan fingerprint density at radius 2 is 2.00 bits per heavy atom. The van der Waals surface area contributed by atoms with Crippen LogP contribution in [0.4, 0.5) is 4.39 Å². The van der Waals surface area contributed by atoms with Gasteiger partial charge in [-0.1, -0.05) is 12.1 Å². The van der Waals surface area contributed by atoms with Crippen LogP contribution < -0.4 is 15.4 Å². The van der Waals surface area contributed by atoms with E-state index in [1.165, 1.54) is 6.07 Å². The van der Waals surface area contributed by atoms with Gasteiger partial charge in [-0.15, -0.1) is 0 Å². The Kier molecular flexibility index (Phi) is 7.16. The van der Waals surface area contributed by atoms with Gasteiger partial charge in [-0.05, 0) is 55.3 Å². The maximum atomic E-state index is 13.3. The second kappa shape index (κ2) is 10.2. The van der Waals surface area contributed by atoms with Crippen LogP contribution in [-0.2, 0) is 13.0 Å². The van der Waals surface area contributed by atoms with Gasteiger partial charge in [0.05, 0.1) is 7.11 Å². The Morgan fingerprint density at radius 1 is 1.17 bits per heavy atom. The van der Waals surface area contributed by atoms with Gasteiger partial charge >= 0.3 is 0 Å². The van der Waals surface area contributed by atoms with E-state index in [9.17, 15) is 4.39 Å². The van der Waals surface area contributed by atoms with Gasteiger partial charge in [0.2, 0.25) is 0 Å². The van der Waals surface area contributed by atoms with E-state index in [0.29, 0.717) is 37.1 Å². The van der Waals surface area contributed by atoms with Crippen molar-refractivity contribution in [2.45, 2.75) is 19.9 Å². The Labute approximate surface area is 169 Å². The average Bonchev–Trinajstić information content (AvgIpc) is 3.21. The zero-order valence-corrected chi connectivity index (χ0v) is 16.6. The van der Waals surface area contributed by atoms with Crippen molar-refractivity contribution in [3.63, 3.8) is 0 Å². The van der Waals surface area contributed by atoms with Gasteiger partial charge in [0, 0.05) is 18.7 Å². The minimum atomic E-state index is -0.221. The van der Waals surface area contributed by atoms with Crippen LogP contribution in [-0.4, -0.2) is 41.3 Å². The number of nitrogens with zero attached hydrogens (tertiary/aromatic N) is 3. The van der Waals surface area contributed by atoms with Crippen LogP contribution in [0.25, 0.3) is 11.4 Å². The first kappa shape index (κ1) is 20.3. The molecule has 0 aliphatic heterocycles. The molecule has 1 heterocycles. The maximum absolute atomic E-state index is 13.3. The third-order valence-corrected chi connectivity index (χ3v) is 4.21. The Balaban J connectivity index is 1.57. The fourth-order valence-corrected chi connectivity index (χ4v) is 2.75. The molecule has 3 aromatic rings. The number of aliphatic imine (C=N–C) groups is 1. The highest BCUT2D eigenvalue weighted by molar-refractivity contribution is 5.79. The molecule has 8 heteroatoms. The van der Waals surface area contributed by atoms with Crippen molar-refractivity contribution in [3.05, 3.63) is 65.7 Å². The minimum Gasteiger partial charge on any atom is -0.497 e. The highest BCUT2D eigenvalue weighted by Gasteiger charge is 2.06. The first-order valence-corrected chi connectivity index (χ1v) is 9.50. The molecular weight excluding hydrogens is 371 g/mol. The first-order valence-electron chi connectivity index (χ1n) is 9.50. The fraction of sp³-hybridized carbons (Fsp3) is 0.286. The number of benzene rings is 2. The summed E-state index contributed by atoms with van der Waals surface area (Å²) in [6, 6.07) is 14.2. The highest BCUT2D eigenvalue weighted by Crippen LogP contribution is 2.19. The van der Waals surface area contributed by atoms with Crippen molar-refractivity contribution in [1.82, 2.24) is 25.8 Å². The molecule has 29 heavy (non-hydrogen) atoms. The van der Waals surface area contributed by atoms with E-state index in [0.717, 1.165) is 23.4 Å². The molecule has 2 aromatic carbocycles. The van der Waals surface area contributed by atoms with Crippen LogP contribution in [0.5, 0.6) is 5.75 Å². The SMILES string of the molecule is CCNC(=NCc1nc(-c2ccc(OC)cc2)n[nH]1)NCCc1cccc(F)c1. The molecule has 0 amide bonds. The number of H-pyrrole nitrogens is 1. The summed E-state index contributed by atoms with van der Waals surface area (Å²) >= 11 is 0. The molecule has 7 nitrogen and oxygen atoms in total. The van der Waals surface area contributed by atoms with Gasteiger partial charge in [0.1, 0.15) is 23.9 Å². The standard InChI is InChI=1S/C21H25FN6O/c1-3-23-21(24-12-11-15-5-4-6-17(22)13-15)25-14-19-26-20(28-27-19)16-7-9-18(29-2)10-8-16/h4-10,13H,3,11-12,14H2,1-2H3,(H2,23,24,25)(H,26,27,28). The summed E-state index contributed by atoms with van der Waals surface area (Å²) < 4.78 is 18.4. The topological polar surface area (TPSA) is 87.2 Å². The quantitative estimate of drug-likeness (QED) is 0.403. The smallest absolute Gasteiger partial charge is 0.191 e. The van der Waals surface area contributed by atoms with Crippen LogP contribution in [0, 0.1) is 5.82 Å². The summed E-state index contributed by atoms with van der Waals surface area (Å²) in [6.07, 6.45) is 0.700. The number of hydrogen-bond acceptors (Lipinski definition) is 4. The van der Waals surface area contributed by atoms with Gasteiger partial charge in [0.15, 0.2) is 11.8 Å². The molecule has 152 valence electrons. The number of halogens is 1. The van der Waals surface area contributed by atoms with E-state index in [1.54, 1.807) is 19.2 Å². The number of guanidine groups is 1. The van der Waals surface area contributed by atoms with Gasteiger partial charge in [-0.2, -0.15) is 5.10 Å². The summed E-state index contributed by atoms with van der Waals surface area (Å²) in [7, 11) is 1.63. The number of ether oxygens (including phenoxy) is 1. The Bertz CT molecular complexity index is 938. The van der Waals surface area contributed by atoms with Gasteiger partial charge in [-0.3, -0.25) is 5.10 Å². The molecule has 0 spiro atoms. The van der Waals surface area contributed by atoms with Crippen molar-refractivity contribution in [2.24, 2.45) is 4.99 Å². The number of aromatic amines is 1. The van der Waals surface area contributed by atoms with Crippen LogP contribution in [0.1, 0.15) is 18.3 Å². The van der Waals surface area contributed by atoms with Crippen molar-refractivity contribution < 1.29 is 9.13 Å².